The fourth-order valence-electron chi connectivity index (χ4n) is 1.49. The molecule has 0 aliphatic rings. The van der Waals surface area contributed by atoms with Gasteiger partial charge in [-0.25, -0.2) is 4.68 Å². The Balaban J connectivity index is 2.61. The fourth-order valence-corrected chi connectivity index (χ4v) is 2.00. The molecule has 1 aromatic carbocycles. The predicted molar refractivity (Wildman–Crippen MR) is 64.0 cm³/mol. The average molecular weight is 309 g/mol. The maximum Gasteiger partial charge on any atom is 0.435 e. The zero-order valence-corrected chi connectivity index (χ0v) is 10.6. The molecular formula is C11H5Cl2F3N2O. The van der Waals surface area contributed by atoms with Gasteiger partial charge in [0.25, 0.3) is 0 Å². The Bertz CT molecular complexity index is 617. The van der Waals surface area contributed by atoms with Gasteiger partial charge in [-0.2, -0.15) is 18.3 Å². The zero-order valence-electron chi connectivity index (χ0n) is 9.08. The van der Waals surface area contributed by atoms with Gasteiger partial charge in [-0.3, -0.25) is 4.79 Å². The van der Waals surface area contributed by atoms with E-state index in [-0.39, 0.29) is 27.7 Å². The van der Waals surface area contributed by atoms with Gasteiger partial charge < -0.3 is 0 Å². The van der Waals surface area contributed by atoms with Crippen molar-refractivity contribution in [3.8, 4) is 5.69 Å². The highest BCUT2D eigenvalue weighted by molar-refractivity contribution is 6.34. The van der Waals surface area contributed by atoms with E-state index in [1.165, 1.54) is 18.2 Å². The van der Waals surface area contributed by atoms with Crippen molar-refractivity contribution in [2.45, 2.75) is 6.18 Å². The molecular weight excluding hydrogens is 304 g/mol. The molecule has 1 heterocycles. The van der Waals surface area contributed by atoms with Crippen LogP contribution in [0.2, 0.25) is 10.0 Å². The van der Waals surface area contributed by atoms with Crippen LogP contribution in [0.1, 0.15) is 16.2 Å². The lowest BCUT2D eigenvalue weighted by molar-refractivity contribution is -0.141. The molecule has 0 spiro atoms. The number of carbonyl (C=O) groups is 1. The molecule has 0 N–H and O–H groups in total. The summed E-state index contributed by atoms with van der Waals surface area (Å²) in [5, 5.41) is 3.80. The van der Waals surface area contributed by atoms with E-state index in [0.717, 1.165) is 4.68 Å². The van der Waals surface area contributed by atoms with E-state index >= 15 is 0 Å². The summed E-state index contributed by atoms with van der Waals surface area (Å²) in [6, 6.07) is 4.78. The highest BCUT2D eigenvalue weighted by Crippen LogP contribution is 2.30. The Kier molecular flexibility index (Phi) is 3.56. The van der Waals surface area contributed by atoms with Gasteiger partial charge in [0.2, 0.25) is 0 Å². The number of carbonyl (C=O) groups excluding carboxylic acids is 1. The fraction of sp³-hybridized carbons (Fsp3) is 0.0909. The number of nitrogens with zero attached hydrogens (tertiary/aromatic N) is 2. The smallest absolute Gasteiger partial charge is 0.296 e. The van der Waals surface area contributed by atoms with Gasteiger partial charge in [0.05, 0.1) is 5.69 Å². The van der Waals surface area contributed by atoms with Crippen molar-refractivity contribution < 1.29 is 18.0 Å². The molecule has 0 saturated carbocycles. The van der Waals surface area contributed by atoms with Crippen LogP contribution in [-0.4, -0.2) is 16.1 Å². The third kappa shape index (κ3) is 2.90. The topological polar surface area (TPSA) is 34.9 Å². The minimum atomic E-state index is -4.63. The van der Waals surface area contributed by atoms with Gasteiger partial charge >= 0.3 is 6.18 Å². The Morgan fingerprint density at radius 1 is 1.11 bits per heavy atom. The molecule has 1 aromatic heterocycles. The lowest BCUT2D eigenvalue weighted by atomic mass is 10.3. The van der Waals surface area contributed by atoms with Crippen molar-refractivity contribution >= 4 is 29.5 Å². The summed E-state index contributed by atoms with van der Waals surface area (Å²) < 4.78 is 38.5. The van der Waals surface area contributed by atoms with Crippen LogP contribution in [-0.2, 0) is 6.18 Å². The SMILES string of the molecule is O=Cc1cc(C(F)(F)F)nn1-c1cc(Cl)cc(Cl)c1. The average Bonchev–Trinajstić information content (AvgIpc) is 2.71. The quantitative estimate of drug-likeness (QED) is 0.786. The number of hydrogen-bond donors (Lipinski definition) is 0. The number of aldehydes is 1. The molecule has 2 rings (SSSR count). The first-order valence-corrected chi connectivity index (χ1v) is 5.66. The summed E-state index contributed by atoms with van der Waals surface area (Å²) >= 11 is 11.5. The van der Waals surface area contributed by atoms with E-state index < -0.39 is 11.9 Å². The molecule has 0 fully saturated rings. The Labute approximate surface area is 115 Å². The van der Waals surface area contributed by atoms with Crippen molar-refractivity contribution in [1.82, 2.24) is 9.78 Å². The van der Waals surface area contributed by atoms with Crippen LogP contribution in [0.4, 0.5) is 13.2 Å². The highest BCUT2D eigenvalue weighted by atomic mass is 35.5. The molecule has 0 atom stereocenters. The highest BCUT2D eigenvalue weighted by Gasteiger charge is 2.35. The summed E-state index contributed by atoms with van der Waals surface area (Å²) in [6.07, 6.45) is -4.36. The Morgan fingerprint density at radius 3 is 2.16 bits per heavy atom. The van der Waals surface area contributed by atoms with Gasteiger partial charge in [0.1, 0.15) is 5.69 Å². The first-order valence-electron chi connectivity index (χ1n) is 4.90. The minimum absolute atomic E-state index is 0.176. The second-order valence-corrected chi connectivity index (χ2v) is 4.48. The van der Waals surface area contributed by atoms with Crippen molar-refractivity contribution in [2.75, 3.05) is 0 Å². The number of hydrogen-bond acceptors (Lipinski definition) is 2. The first-order chi connectivity index (χ1) is 8.81. The number of aromatic nitrogens is 2. The first kappa shape index (κ1) is 13.9. The van der Waals surface area contributed by atoms with E-state index in [2.05, 4.69) is 5.10 Å². The predicted octanol–water partition coefficient (Wildman–Crippen LogP) is 4.01. The van der Waals surface area contributed by atoms with Crippen LogP contribution < -0.4 is 0 Å². The largest absolute Gasteiger partial charge is 0.435 e. The van der Waals surface area contributed by atoms with Crippen molar-refractivity contribution in [2.24, 2.45) is 0 Å². The van der Waals surface area contributed by atoms with Gasteiger partial charge in [-0.15, -0.1) is 0 Å². The maximum absolute atomic E-state index is 12.5. The van der Waals surface area contributed by atoms with Gasteiger partial charge in [-0.05, 0) is 24.3 Å². The molecule has 0 amide bonds. The third-order valence-electron chi connectivity index (χ3n) is 2.24. The monoisotopic (exact) mass is 308 g/mol. The van der Waals surface area contributed by atoms with Gasteiger partial charge in [0, 0.05) is 10.0 Å². The van der Waals surface area contributed by atoms with Crippen molar-refractivity contribution in [1.29, 1.82) is 0 Å². The lowest BCUT2D eigenvalue weighted by Crippen LogP contribution is -2.07. The summed E-state index contributed by atoms with van der Waals surface area (Å²) in [5.41, 5.74) is -1.23. The van der Waals surface area contributed by atoms with Crippen LogP contribution >= 0.6 is 23.2 Å². The molecule has 0 unspecified atom stereocenters. The lowest BCUT2D eigenvalue weighted by Gasteiger charge is -2.05. The standard InChI is InChI=1S/C11H5Cl2F3N2O/c12-6-1-7(13)3-8(2-6)18-9(5-19)4-10(17-18)11(14,15)16/h1-5H. The molecule has 0 radical (unpaired) electrons. The second-order valence-electron chi connectivity index (χ2n) is 3.61. The summed E-state index contributed by atoms with van der Waals surface area (Å²) in [7, 11) is 0. The summed E-state index contributed by atoms with van der Waals surface area (Å²) in [6.45, 7) is 0. The molecule has 0 aliphatic carbocycles. The van der Waals surface area contributed by atoms with E-state index in [4.69, 9.17) is 23.2 Å². The summed E-state index contributed by atoms with van der Waals surface area (Å²) in [5.74, 6) is 0. The molecule has 19 heavy (non-hydrogen) atoms. The third-order valence-corrected chi connectivity index (χ3v) is 2.68. The number of benzene rings is 1. The van der Waals surface area contributed by atoms with E-state index in [0.29, 0.717) is 6.07 Å². The van der Waals surface area contributed by atoms with Crippen LogP contribution in [0, 0.1) is 0 Å². The molecule has 3 nitrogen and oxygen atoms in total. The summed E-state index contributed by atoms with van der Waals surface area (Å²) in [4.78, 5) is 10.8. The number of halogens is 5. The van der Waals surface area contributed by atoms with Crippen molar-refractivity contribution in [3.63, 3.8) is 0 Å². The van der Waals surface area contributed by atoms with E-state index in [1.807, 2.05) is 0 Å². The Morgan fingerprint density at radius 2 is 1.68 bits per heavy atom. The van der Waals surface area contributed by atoms with Crippen molar-refractivity contribution in [3.05, 3.63) is 45.7 Å². The maximum atomic E-state index is 12.5. The molecule has 0 aliphatic heterocycles. The number of alkyl halides is 3. The van der Waals surface area contributed by atoms with Gasteiger partial charge in [-0.1, -0.05) is 23.2 Å². The van der Waals surface area contributed by atoms with Crippen LogP contribution in [0.25, 0.3) is 5.69 Å². The van der Waals surface area contributed by atoms with Gasteiger partial charge in [0.15, 0.2) is 12.0 Å². The Hall–Kier alpha value is -1.53. The molecule has 0 bridgehead atoms. The van der Waals surface area contributed by atoms with Crippen LogP contribution in [0.15, 0.2) is 24.3 Å². The molecule has 100 valence electrons. The second kappa shape index (κ2) is 4.86. The zero-order chi connectivity index (χ0) is 14.2. The molecule has 2 aromatic rings. The number of rotatable bonds is 2. The molecule has 8 heteroatoms. The minimum Gasteiger partial charge on any atom is -0.296 e. The van der Waals surface area contributed by atoms with Crippen LogP contribution in [0.3, 0.4) is 0 Å². The molecule has 0 saturated heterocycles. The van der Waals surface area contributed by atoms with E-state index in [9.17, 15) is 18.0 Å². The normalized spacial score (nSPS) is 11.6. The van der Waals surface area contributed by atoms with E-state index in [1.54, 1.807) is 0 Å². The van der Waals surface area contributed by atoms with Crippen LogP contribution in [0.5, 0.6) is 0 Å².